The quantitative estimate of drug-likeness (QED) is 0.872. The Kier molecular flexibility index (Phi) is 5.14. The fourth-order valence-corrected chi connectivity index (χ4v) is 4.08. The zero-order valence-corrected chi connectivity index (χ0v) is 13.7. The number of hydrogen-bond donors (Lipinski definition) is 2. The molecule has 1 heterocycles. The maximum Gasteiger partial charge on any atom is 0.0208 e. The zero-order chi connectivity index (χ0) is 13.8. The Morgan fingerprint density at radius 3 is 2.65 bits per heavy atom. The molecule has 3 heteroatoms. The van der Waals surface area contributed by atoms with Crippen molar-refractivity contribution in [3.05, 3.63) is 34.3 Å². The van der Waals surface area contributed by atoms with E-state index in [2.05, 4.69) is 50.8 Å². The Hall–Kier alpha value is -0.380. The van der Waals surface area contributed by atoms with Crippen LogP contribution in [0.1, 0.15) is 44.1 Å². The van der Waals surface area contributed by atoms with Gasteiger partial charge in [0.2, 0.25) is 0 Å². The van der Waals surface area contributed by atoms with Crippen LogP contribution >= 0.6 is 15.9 Å². The van der Waals surface area contributed by atoms with Gasteiger partial charge in [0, 0.05) is 23.1 Å². The average molecular weight is 337 g/mol. The lowest BCUT2D eigenvalue weighted by Gasteiger charge is -2.33. The van der Waals surface area contributed by atoms with E-state index in [1.54, 1.807) is 0 Å². The summed E-state index contributed by atoms with van der Waals surface area (Å²) in [5, 5.41) is 7.56. The van der Waals surface area contributed by atoms with Gasteiger partial charge in [-0.25, -0.2) is 0 Å². The molecule has 1 aliphatic carbocycles. The first-order chi connectivity index (χ1) is 9.83. The number of nitrogens with one attached hydrogen (secondary N) is 2. The molecule has 1 saturated heterocycles. The third kappa shape index (κ3) is 3.63. The summed E-state index contributed by atoms with van der Waals surface area (Å²) in [6.07, 6.45) is 8.28. The molecule has 2 aliphatic rings. The molecule has 3 unspecified atom stereocenters. The summed E-state index contributed by atoms with van der Waals surface area (Å²) in [5.41, 5.74) is 1.38. The van der Waals surface area contributed by atoms with E-state index < -0.39 is 0 Å². The molecular formula is C17H25BrN2. The normalized spacial score (nSPS) is 30.6. The van der Waals surface area contributed by atoms with E-state index >= 15 is 0 Å². The van der Waals surface area contributed by atoms with Crippen molar-refractivity contribution in [2.24, 2.45) is 5.92 Å². The molecule has 0 radical (unpaired) electrons. The lowest BCUT2D eigenvalue weighted by molar-refractivity contribution is 0.257. The molecule has 1 aromatic carbocycles. The average Bonchev–Trinajstić information content (AvgIpc) is 2.96. The molecule has 3 atom stereocenters. The van der Waals surface area contributed by atoms with Gasteiger partial charge in [0.15, 0.2) is 0 Å². The van der Waals surface area contributed by atoms with Crippen LogP contribution in [0.15, 0.2) is 28.7 Å². The smallest absolute Gasteiger partial charge is 0.0208 e. The number of halogens is 1. The van der Waals surface area contributed by atoms with Crippen molar-refractivity contribution in [2.45, 2.75) is 57.2 Å². The van der Waals surface area contributed by atoms with Gasteiger partial charge in [0.25, 0.3) is 0 Å². The highest BCUT2D eigenvalue weighted by atomic mass is 79.9. The van der Waals surface area contributed by atoms with Gasteiger partial charge >= 0.3 is 0 Å². The lowest BCUT2D eigenvalue weighted by Crippen LogP contribution is -2.46. The van der Waals surface area contributed by atoms with Gasteiger partial charge in [0.1, 0.15) is 0 Å². The summed E-state index contributed by atoms with van der Waals surface area (Å²) in [5.74, 6) is 0.839. The van der Waals surface area contributed by atoms with Crippen LogP contribution in [0, 0.1) is 5.92 Å². The number of benzene rings is 1. The highest BCUT2D eigenvalue weighted by Crippen LogP contribution is 2.31. The highest BCUT2D eigenvalue weighted by Gasteiger charge is 2.33. The first kappa shape index (κ1) is 14.6. The van der Waals surface area contributed by atoms with Crippen LogP contribution in [0.5, 0.6) is 0 Å². The summed E-state index contributed by atoms with van der Waals surface area (Å²) < 4.78 is 1.16. The van der Waals surface area contributed by atoms with Crippen LogP contribution < -0.4 is 10.6 Å². The maximum atomic E-state index is 3.81. The predicted octanol–water partition coefficient (Wildman–Crippen LogP) is 3.85. The largest absolute Gasteiger partial charge is 0.314 e. The van der Waals surface area contributed by atoms with Crippen molar-refractivity contribution >= 4 is 15.9 Å². The van der Waals surface area contributed by atoms with Crippen LogP contribution in [0.25, 0.3) is 0 Å². The Morgan fingerprint density at radius 2 is 1.90 bits per heavy atom. The van der Waals surface area contributed by atoms with E-state index in [0.717, 1.165) is 23.0 Å². The van der Waals surface area contributed by atoms with Gasteiger partial charge in [-0.1, -0.05) is 40.9 Å². The monoisotopic (exact) mass is 336 g/mol. The van der Waals surface area contributed by atoms with E-state index in [0.29, 0.717) is 6.04 Å². The zero-order valence-electron chi connectivity index (χ0n) is 12.1. The second-order valence-corrected chi connectivity index (χ2v) is 7.18. The van der Waals surface area contributed by atoms with Crippen molar-refractivity contribution in [1.82, 2.24) is 10.6 Å². The van der Waals surface area contributed by atoms with Crippen molar-refractivity contribution < 1.29 is 0 Å². The van der Waals surface area contributed by atoms with E-state index in [9.17, 15) is 0 Å². The Bertz CT molecular complexity index is 412. The summed E-state index contributed by atoms with van der Waals surface area (Å²) in [6, 6.07) is 10.1. The summed E-state index contributed by atoms with van der Waals surface area (Å²) in [7, 11) is 0. The number of rotatable bonds is 4. The molecule has 1 saturated carbocycles. The molecule has 0 spiro atoms. The van der Waals surface area contributed by atoms with Crippen LogP contribution in [0.2, 0.25) is 0 Å². The van der Waals surface area contributed by atoms with Crippen LogP contribution in [-0.4, -0.2) is 18.6 Å². The van der Waals surface area contributed by atoms with E-state index in [1.807, 2.05) is 0 Å². The van der Waals surface area contributed by atoms with Gasteiger partial charge in [-0.05, 0) is 55.8 Å². The highest BCUT2D eigenvalue weighted by molar-refractivity contribution is 9.10. The molecule has 2 N–H and O–H groups in total. The molecule has 20 heavy (non-hydrogen) atoms. The standard InChI is InChI=1S/C17H25BrN2/c18-14-9-7-13(8-10-14)12-20-17-6-3-4-15(17)16-5-1-2-11-19-16/h7-10,15-17,19-20H,1-6,11-12H2. The molecule has 0 bridgehead atoms. The minimum Gasteiger partial charge on any atom is -0.314 e. The van der Waals surface area contributed by atoms with Gasteiger partial charge < -0.3 is 10.6 Å². The number of piperidine rings is 1. The maximum absolute atomic E-state index is 3.81. The Balaban J connectivity index is 1.54. The van der Waals surface area contributed by atoms with E-state index in [4.69, 9.17) is 0 Å². The molecule has 1 aromatic rings. The van der Waals surface area contributed by atoms with Crippen LogP contribution in [0.4, 0.5) is 0 Å². The molecule has 110 valence electrons. The van der Waals surface area contributed by atoms with E-state index in [1.165, 1.54) is 50.6 Å². The molecular weight excluding hydrogens is 312 g/mol. The topological polar surface area (TPSA) is 24.1 Å². The summed E-state index contributed by atoms with van der Waals surface area (Å²) in [4.78, 5) is 0. The van der Waals surface area contributed by atoms with E-state index in [-0.39, 0.29) is 0 Å². The third-order valence-electron chi connectivity index (χ3n) is 4.92. The fraction of sp³-hybridized carbons (Fsp3) is 0.647. The minimum atomic E-state index is 0.703. The van der Waals surface area contributed by atoms with Crippen molar-refractivity contribution in [3.63, 3.8) is 0 Å². The lowest BCUT2D eigenvalue weighted by atomic mass is 9.88. The van der Waals surface area contributed by atoms with Gasteiger partial charge in [-0.3, -0.25) is 0 Å². The second-order valence-electron chi connectivity index (χ2n) is 6.27. The Morgan fingerprint density at radius 1 is 1.05 bits per heavy atom. The first-order valence-corrected chi connectivity index (χ1v) is 8.83. The van der Waals surface area contributed by atoms with Crippen LogP contribution in [0.3, 0.4) is 0 Å². The van der Waals surface area contributed by atoms with Crippen molar-refractivity contribution in [1.29, 1.82) is 0 Å². The van der Waals surface area contributed by atoms with Gasteiger partial charge in [-0.2, -0.15) is 0 Å². The van der Waals surface area contributed by atoms with Gasteiger partial charge in [0.05, 0.1) is 0 Å². The second kappa shape index (κ2) is 7.06. The summed E-state index contributed by atoms with van der Waals surface area (Å²) in [6.45, 7) is 2.22. The van der Waals surface area contributed by atoms with Crippen LogP contribution in [-0.2, 0) is 6.54 Å². The summed E-state index contributed by atoms with van der Waals surface area (Å²) >= 11 is 3.50. The predicted molar refractivity (Wildman–Crippen MR) is 87.8 cm³/mol. The first-order valence-electron chi connectivity index (χ1n) is 8.04. The molecule has 2 fully saturated rings. The molecule has 2 nitrogen and oxygen atoms in total. The van der Waals surface area contributed by atoms with Crippen molar-refractivity contribution in [2.75, 3.05) is 6.54 Å². The SMILES string of the molecule is Brc1ccc(CNC2CCCC2C2CCCCN2)cc1. The minimum absolute atomic E-state index is 0.703. The molecule has 1 aliphatic heterocycles. The Labute approximate surface area is 130 Å². The molecule has 0 amide bonds. The third-order valence-corrected chi connectivity index (χ3v) is 5.44. The van der Waals surface area contributed by atoms with Crippen molar-refractivity contribution in [3.8, 4) is 0 Å². The van der Waals surface area contributed by atoms with Gasteiger partial charge in [-0.15, -0.1) is 0 Å². The molecule has 3 rings (SSSR count). The molecule has 0 aromatic heterocycles. The fourth-order valence-electron chi connectivity index (χ4n) is 3.82. The number of hydrogen-bond acceptors (Lipinski definition) is 2.